The number of hydrogen-bond acceptors (Lipinski definition) is 2. The van der Waals surface area contributed by atoms with Crippen molar-refractivity contribution in [3.63, 3.8) is 0 Å². The third-order valence-corrected chi connectivity index (χ3v) is 2.88. The SMILES string of the molecule is CCCNCc1ncc(-c2cc(C)cc(C)c2)[nH]1. The van der Waals surface area contributed by atoms with Crippen molar-refractivity contribution in [2.45, 2.75) is 33.7 Å². The molecule has 18 heavy (non-hydrogen) atoms. The monoisotopic (exact) mass is 243 g/mol. The van der Waals surface area contributed by atoms with Crippen molar-refractivity contribution in [2.24, 2.45) is 0 Å². The van der Waals surface area contributed by atoms with Crippen molar-refractivity contribution >= 4 is 0 Å². The van der Waals surface area contributed by atoms with Crippen LogP contribution in [0.15, 0.2) is 24.4 Å². The minimum atomic E-state index is 0.804. The van der Waals surface area contributed by atoms with Crippen LogP contribution in [0.2, 0.25) is 0 Å². The van der Waals surface area contributed by atoms with Gasteiger partial charge in [0.1, 0.15) is 5.82 Å². The lowest BCUT2D eigenvalue weighted by atomic mass is 10.1. The van der Waals surface area contributed by atoms with Crippen molar-refractivity contribution in [3.8, 4) is 11.3 Å². The van der Waals surface area contributed by atoms with Crippen molar-refractivity contribution in [1.82, 2.24) is 15.3 Å². The molecule has 0 aliphatic heterocycles. The Morgan fingerprint density at radius 2 is 1.89 bits per heavy atom. The Labute approximate surface area is 109 Å². The Kier molecular flexibility index (Phi) is 4.15. The molecule has 0 saturated carbocycles. The number of rotatable bonds is 5. The van der Waals surface area contributed by atoms with E-state index in [9.17, 15) is 0 Å². The van der Waals surface area contributed by atoms with E-state index in [1.54, 1.807) is 0 Å². The van der Waals surface area contributed by atoms with Crippen LogP contribution in [0, 0.1) is 13.8 Å². The van der Waals surface area contributed by atoms with Crippen molar-refractivity contribution in [1.29, 1.82) is 0 Å². The maximum atomic E-state index is 4.41. The van der Waals surface area contributed by atoms with Crippen LogP contribution in [0.1, 0.15) is 30.3 Å². The van der Waals surface area contributed by atoms with Crippen LogP contribution >= 0.6 is 0 Å². The van der Waals surface area contributed by atoms with E-state index in [4.69, 9.17) is 0 Å². The summed E-state index contributed by atoms with van der Waals surface area (Å²) in [5.74, 6) is 0.998. The molecule has 0 amide bonds. The molecule has 2 N–H and O–H groups in total. The Hall–Kier alpha value is -1.61. The first-order valence-corrected chi connectivity index (χ1v) is 6.52. The average molecular weight is 243 g/mol. The summed E-state index contributed by atoms with van der Waals surface area (Å²) in [7, 11) is 0. The van der Waals surface area contributed by atoms with Crippen LogP contribution < -0.4 is 5.32 Å². The highest BCUT2D eigenvalue weighted by Gasteiger charge is 2.04. The van der Waals surface area contributed by atoms with Crippen LogP contribution in [-0.2, 0) is 6.54 Å². The summed E-state index contributed by atoms with van der Waals surface area (Å²) in [6, 6.07) is 6.55. The summed E-state index contributed by atoms with van der Waals surface area (Å²) in [5.41, 5.74) is 4.87. The minimum absolute atomic E-state index is 0.804. The summed E-state index contributed by atoms with van der Waals surface area (Å²) >= 11 is 0. The molecule has 1 aromatic carbocycles. The van der Waals surface area contributed by atoms with Gasteiger partial charge in [0.25, 0.3) is 0 Å². The topological polar surface area (TPSA) is 40.7 Å². The number of benzene rings is 1. The lowest BCUT2D eigenvalue weighted by Crippen LogP contribution is -2.14. The molecule has 1 heterocycles. The summed E-state index contributed by atoms with van der Waals surface area (Å²) in [6.45, 7) is 8.24. The van der Waals surface area contributed by atoms with Gasteiger partial charge < -0.3 is 10.3 Å². The summed E-state index contributed by atoms with van der Waals surface area (Å²) in [4.78, 5) is 7.77. The molecular formula is C15H21N3. The molecule has 2 aromatic rings. The predicted octanol–water partition coefficient (Wildman–Crippen LogP) is 3.19. The first kappa shape index (κ1) is 12.8. The van der Waals surface area contributed by atoms with Crippen LogP contribution in [0.3, 0.4) is 0 Å². The molecular weight excluding hydrogens is 222 g/mol. The number of nitrogens with one attached hydrogen (secondary N) is 2. The van der Waals surface area contributed by atoms with Crippen molar-refractivity contribution < 1.29 is 0 Å². The van der Waals surface area contributed by atoms with Crippen molar-refractivity contribution in [2.75, 3.05) is 6.54 Å². The van der Waals surface area contributed by atoms with Gasteiger partial charge in [0.15, 0.2) is 0 Å². The van der Waals surface area contributed by atoms with E-state index in [1.807, 2.05) is 6.20 Å². The third-order valence-electron chi connectivity index (χ3n) is 2.88. The van der Waals surface area contributed by atoms with Gasteiger partial charge in [-0.05, 0) is 38.9 Å². The second-order valence-electron chi connectivity index (χ2n) is 4.80. The molecule has 0 aliphatic carbocycles. The number of aromatic nitrogens is 2. The van der Waals surface area contributed by atoms with Gasteiger partial charge in [0.2, 0.25) is 0 Å². The number of aromatic amines is 1. The highest BCUT2D eigenvalue weighted by molar-refractivity contribution is 5.60. The molecule has 1 aromatic heterocycles. The fraction of sp³-hybridized carbons (Fsp3) is 0.400. The van der Waals surface area contributed by atoms with Gasteiger partial charge in [-0.1, -0.05) is 24.1 Å². The predicted molar refractivity (Wildman–Crippen MR) is 75.5 cm³/mol. The molecule has 0 aliphatic rings. The molecule has 3 nitrogen and oxygen atoms in total. The zero-order chi connectivity index (χ0) is 13.0. The van der Waals surface area contributed by atoms with Gasteiger partial charge >= 0.3 is 0 Å². The first-order valence-electron chi connectivity index (χ1n) is 6.52. The number of aryl methyl sites for hydroxylation is 2. The molecule has 0 bridgehead atoms. The summed E-state index contributed by atoms with van der Waals surface area (Å²) < 4.78 is 0. The maximum absolute atomic E-state index is 4.41. The van der Waals surface area contributed by atoms with E-state index in [1.165, 1.54) is 16.7 Å². The molecule has 2 rings (SSSR count). The van der Waals surface area contributed by atoms with Crippen LogP contribution in [0.5, 0.6) is 0 Å². The summed E-state index contributed by atoms with van der Waals surface area (Å²) in [5, 5.41) is 3.35. The first-order chi connectivity index (χ1) is 8.69. The smallest absolute Gasteiger partial charge is 0.120 e. The molecule has 0 atom stereocenters. The van der Waals surface area contributed by atoms with Gasteiger partial charge in [-0.3, -0.25) is 0 Å². The number of hydrogen-bond donors (Lipinski definition) is 2. The Balaban J connectivity index is 2.13. The van der Waals surface area contributed by atoms with Gasteiger partial charge in [-0.15, -0.1) is 0 Å². The van der Waals surface area contributed by atoms with Gasteiger partial charge in [-0.25, -0.2) is 4.98 Å². The maximum Gasteiger partial charge on any atom is 0.120 e. The normalized spacial score (nSPS) is 10.8. The lowest BCUT2D eigenvalue weighted by molar-refractivity contribution is 0.655. The zero-order valence-electron chi connectivity index (χ0n) is 11.4. The molecule has 0 spiro atoms. The minimum Gasteiger partial charge on any atom is -0.341 e. The molecule has 0 fully saturated rings. The van der Waals surface area contributed by atoms with Crippen molar-refractivity contribution in [3.05, 3.63) is 41.3 Å². The van der Waals surface area contributed by atoms with Crippen LogP contribution in [-0.4, -0.2) is 16.5 Å². The van der Waals surface area contributed by atoms with E-state index < -0.39 is 0 Å². The largest absolute Gasteiger partial charge is 0.341 e. The van der Waals surface area contributed by atoms with Gasteiger partial charge in [-0.2, -0.15) is 0 Å². The average Bonchev–Trinajstić information content (AvgIpc) is 2.77. The third kappa shape index (κ3) is 3.20. The fourth-order valence-corrected chi connectivity index (χ4v) is 2.11. The summed E-state index contributed by atoms with van der Waals surface area (Å²) in [6.07, 6.45) is 3.06. The second-order valence-corrected chi connectivity index (χ2v) is 4.80. The highest BCUT2D eigenvalue weighted by atomic mass is 15.0. The Bertz CT molecular complexity index is 494. The zero-order valence-corrected chi connectivity index (χ0v) is 11.4. The van der Waals surface area contributed by atoms with E-state index in [-0.39, 0.29) is 0 Å². The van der Waals surface area contributed by atoms with E-state index in [0.29, 0.717) is 0 Å². The molecule has 0 unspecified atom stereocenters. The van der Waals surface area contributed by atoms with E-state index in [0.717, 1.165) is 31.0 Å². The Morgan fingerprint density at radius 1 is 1.17 bits per heavy atom. The number of H-pyrrole nitrogens is 1. The standard InChI is InChI=1S/C15H21N3/c1-4-5-16-10-15-17-9-14(18-15)13-7-11(2)6-12(3)8-13/h6-9,16H,4-5,10H2,1-3H3,(H,17,18). The molecule has 96 valence electrons. The van der Waals surface area contributed by atoms with Gasteiger partial charge in [0, 0.05) is 5.56 Å². The van der Waals surface area contributed by atoms with E-state index in [2.05, 4.69) is 54.3 Å². The fourth-order valence-electron chi connectivity index (χ4n) is 2.11. The Morgan fingerprint density at radius 3 is 2.56 bits per heavy atom. The second kappa shape index (κ2) is 5.83. The molecule has 0 saturated heterocycles. The van der Waals surface area contributed by atoms with Crippen LogP contribution in [0.25, 0.3) is 11.3 Å². The molecule has 3 heteroatoms. The van der Waals surface area contributed by atoms with E-state index >= 15 is 0 Å². The molecule has 0 radical (unpaired) electrons. The highest BCUT2D eigenvalue weighted by Crippen LogP contribution is 2.20. The van der Waals surface area contributed by atoms with Crippen LogP contribution in [0.4, 0.5) is 0 Å². The number of nitrogens with zero attached hydrogens (tertiary/aromatic N) is 1. The lowest BCUT2D eigenvalue weighted by Gasteiger charge is -2.03. The number of imidazole rings is 1. The van der Waals surface area contributed by atoms with Gasteiger partial charge in [0.05, 0.1) is 18.4 Å². The quantitative estimate of drug-likeness (QED) is 0.792.